The first kappa shape index (κ1) is 55.2. The van der Waals surface area contributed by atoms with Gasteiger partial charge in [0.2, 0.25) is 0 Å². The Morgan fingerprint density at radius 2 is 1.10 bits per heavy atom. The fraction of sp³-hybridized carbons (Fsp3) is 0.400. The third-order valence-electron chi connectivity index (χ3n) is 12.3. The van der Waals surface area contributed by atoms with Crippen molar-refractivity contribution in [2.75, 3.05) is 5.32 Å². The number of pyridine rings is 2. The summed E-state index contributed by atoms with van der Waals surface area (Å²) in [5.41, 5.74) is 16.5. The third-order valence-corrected chi connectivity index (χ3v) is 12.3. The molecule has 6 aromatic rings. The van der Waals surface area contributed by atoms with E-state index in [1.54, 1.807) is 0 Å². The maximum absolute atomic E-state index is 5.24. The van der Waals surface area contributed by atoms with E-state index in [9.17, 15) is 0 Å². The first-order valence-electron chi connectivity index (χ1n) is 23.8. The molecule has 2 aliphatic rings. The van der Waals surface area contributed by atoms with Gasteiger partial charge in [-0.2, -0.15) is 0 Å². The molecule has 4 unspecified atom stereocenters. The molecule has 0 amide bonds. The molecule has 67 heavy (non-hydrogen) atoms. The van der Waals surface area contributed by atoms with Crippen LogP contribution in [-0.2, 0) is 38.7 Å². The fourth-order valence-corrected chi connectivity index (χ4v) is 9.21. The molecule has 4 aromatic carbocycles. The number of hydrogen-bond acceptors (Lipinski definition) is 4. The van der Waals surface area contributed by atoms with E-state index in [1.807, 2.05) is 0 Å². The van der Waals surface area contributed by atoms with E-state index in [2.05, 4.69) is 215 Å². The third kappa shape index (κ3) is 13.9. The zero-order chi connectivity index (χ0) is 45.8. The number of hydrogen-bond donors (Lipinski definition) is 2. The Balaban J connectivity index is 0.000000280. The van der Waals surface area contributed by atoms with E-state index in [0.717, 1.165) is 53.3 Å². The van der Waals surface area contributed by atoms with Crippen LogP contribution in [0.4, 0.5) is 11.4 Å². The van der Waals surface area contributed by atoms with Gasteiger partial charge in [0.25, 0.3) is 0 Å². The Hall–Kier alpha value is -4.43. The van der Waals surface area contributed by atoms with E-state index < -0.39 is 0 Å². The molecule has 0 aliphatic carbocycles. The molecule has 2 aliphatic heterocycles. The molecule has 6 nitrogen and oxygen atoms in total. The average Bonchev–Trinajstić information content (AvgIpc) is 3.26. The quantitative estimate of drug-likeness (QED) is 0.106. The number of fused-ring (bicyclic) bond motifs is 2. The second-order valence-corrected chi connectivity index (χ2v) is 20.7. The second kappa shape index (κ2) is 23.7. The molecular weight excluding hydrogens is 983 g/mol. The standard InChI is InChI=1S/C29H37N3.C29H35N3.2CH3.Hf/c2*1-19(2)22-12-7-8-13-23(22)28(32-29(4,5)6)26-16-10-15-25(31-26)24-14-9-11-21-18-17-20(3)30-27(21)24;;;/h7-16,19-20,28,30,32H,17-18H2,1-6H3;7-16,19-20,28H,17-18H2,1-6H3;2*1H3;/q;-2;2*-1;. The van der Waals surface area contributed by atoms with Crippen molar-refractivity contribution in [2.45, 2.75) is 156 Å². The summed E-state index contributed by atoms with van der Waals surface area (Å²) in [6.07, 6.45) is 4.49. The van der Waals surface area contributed by atoms with Crippen molar-refractivity contribution in [2.24, 2.45) is 0 Å². The monoisotopic (exact) mass is 1060 g/mol. The molecule has 4 heterocycles. The van der Waals surface area contributed by atoms with Gasteiger partial charge in [0, 0.05) is 54.4 Å². The summed E-state index contributed by atoms with van der Waals surface area (Å²) < 4.78 is 0. The molecule has 0 bridgehead atoms. The summed E-state index contributed by atoms with van der Waals surface area (Å²) in [5.74, 6) is 0.874. The summed E-state index contributed by atoms with van der Waals surface area (Å²) in [5, 5.41) is 17.8. The Kier molecular flexibility index (Phi) is 19.5. The van der Waals surface area contributed by atoms with E-state index in [1.165, 1.54) is 51.1 Å². The molecule has 356 valence electrons. The van der Waals surface area contributed by atoms with E-state index >= 15 is 0 Å². The number of aryl methyl sites for hydroxylation is 2. The maximum atomic E-state index is 5.24. The van der Waals surface area contributed by atoms with Gasteiger partial charge in [-0.1, -0.05) is 176 Å². The molecular formula is C60H78HfN6-4. The number of para-hydroxylation sites is 2. The van der Waals surface area contributed by atoms with Gasteiger partial charge in [0.1, 0.15) is 0 Å². The van der Waals surface area contributed by atoms with Gasteiger partial charge < -0.3 is 36.1 Å². The van der Waals surface area contributed by atoms with Crippen molar-refractivity contribution in [1.82, 2.24) is 15.3 Å². The van der Waals surface area contributed by atoms with Gasteiger partial charge in [-0.15, -0.1) is 17.3 Å². The van der Waals surface area contributed by atoms with Crippen LogP contribution in [-0.4, -0.2) is 33.1 Å². The molecule has 2 aromatic heterocycles. The molecule has 0 saturated carbocycles. The van der Waals surface area contributed by atoms with Crippen molar-refractivity contribution in [3.05, 3.63) is 192 Å². The molecule has 0 saturated heterocycles. The topological polar surface area (TPSA) is 78.0 Å². The van der Waals surface area contributed by atoms with Gasteiger partial charge in [0.15, 0.2) is 0 Å². The van der Waals surface area contributed by atoms with Crippen LogP contribution in [0.3, 0.4) is 0 Å². The molecule has 0 spiro atoms. The smallest absolute Gasteiger partial charge is 0.0758 e. The molecule has 0 fully saturated rings. The van der Waals surface area contributed by atoms with Crippen molar-refractivity contribution < 1.29 is 25.8 Å². The summed E-state index contributed by atoms with van der Waals surface area (Å²) in [4.78, 5) is 10.4. The first-order valence-corrected chi connectivity index (χ1v) is 23.8. The Bertz CT molecular complexity index is 2340. The normalized spacial score (nSPS) is 16.3. The van der Waals surface area contributed by atoms with Crippen LogP contribution in [0.25, 0.3) is 33.1 Å². The molecule has 0 radical (unpaired) electrons. The van der Waals surface area contributed by atoms with Crippen molar-refractivity contribution in [3.8, 4) is 22.5 Å². The summed E-state index contributed by atoms with van der Waals surface area (Å²) in [6, 6.07) is 44.1. The maximum Gasteiger partial charge on any atom is 0.0758 e. The molecule has 2 N–H and O–H groups in total. The predicted octanol–water partition coefficient (Wildman–Crippen LogP) is 16.5. The number of anilines is 1. The summed E-state index contributed by atoms with van der Waals surface area (Å²) >= 11 is 0. The van der Waals surface area contributed by atoms with Crippen LogP contribution < -0.4 is 10.6 Å². The Labute approximate surface area is 425 Å². The predicted molar refractivity (Wildman–Crippen MR) is 285 cm³/mol. The first-order chi connectivity index (χ1) is 30.5. The number of nitrogens with one attached hydrogen (secondary N) is 2. The zero-order valence-electron chi connectivity index (χ0n) is 43.1. The second-order valence-electron chi connectivity index (χ2n) is 20.7. The largest absolute Gasteiger partial charge is 0.681 e. The number of rotatable bonds is 10. The van der Waals surface area contributed by atoms with E-state index in [0.29, 0.717) is 23.9 Å². The SMILES string of the molecule is CC1CCc2cccc(-c3cccc(C(NC(C)(C)C)c4ccccc4C(C)C)n3)c2N1.CC1CCc2cccc(-c3cccc(C([N-]C(C)(C)C)c4ccccc4C(C)C)n3)c2[N-]1.[CH3-].[CH3-].[Hf]. The van der Waals surface area contributed by atoms with Gasteiger partial charge in [-0.25, -0.2) is 0 Å². The summed E-state index contributed by atoms with van der Waals surface area (Å²) in [7, 11) is 0. The van der Waals surface area contributed by atoms with Crippen molar-refractivity contribution in [1.29, 1.82) is 0 Å². The molecule has 8 rings (SSSR count). The van der Waals surface area contributed by atoms with Gasteiger partial charge in [-0.05, 0) is 111 Å². The van der Waals surface area contributed by atoms with Crippen molar-refractivity contribution in [3.63, 3.8) is 0 Å². The summed E-state index contributed by atoms with van der Waals surface area (Å²) in [6.45, 7) is 26.6. The van der Waals surface area contributed by atoms with Crippen LogP contribution in [0, 0.1) is 14.9 Å². The molecule has 7 heteroatoms. The number of nitrogens with zero attached hydrogens (tertiary/aromatic N) is 4. The minimum absolute atomic E-state index is 0. The minimum atomic E-state index is -0.177. The van der Waals surface area contributed by atoms with E-state index in [-0.39, 0.29) is 63.9 Å². The minimum Gasteiger partial charge on any atom is -0.681 e. The molecule has 4 atom stereocenters. The van der Waals surface area contributed by atoms with Crippen molar-refractivity contribution >= 4 is 11.4 Å². The van der Waals surface area contributed by atoms with Crippen LogP contribution in [0.1, 0.15) is 165 Å². The Morgan fingerprint density at radius 1 is 0.597 bits per heavy atom. The van der Waals surface area contributed by atoms with Gasteiger partial charge >= 0.3 is 0 Å². The number of benzene rings is 4. The van der Waals surface area contributed by atoms with Gasteiger partial charge in [0.05, 0.1) is 23.1 Å². The fourth-order valence-electron chi connectivity index (χ4n) is 9.21. The van der Waals surface area contributed by atoms with Crippen LogP contribution in [0.15, 0.2) is 121 Å². The average molecular weight is 1060 g/mol. The van der Waals surface area contributed by atoms with Crippen LogP contribution >= 0.6 is 0 Å². The van der Waals surface area contributed by atoms with Crippen LogP contribution in [0.2, 0.25) is 0 Å². The van der Waals surface area contributed by atoms with Gasteiger partial charge in [-0.3, -0.25) is 9.97 Å². The number of aromatic nitrogens is 2. The Morgan fingerprint density at radius 3 is 1.72 bits per heavy atom. The zero-order valence-corrected chi connectivity index (χ0v) is 46.7. The van der Waals surface area contributed by atoms with Crippen LogP contribution in [0.5, 0.6) is 0 Å². The van der Waals surface area contributed by atoms with E-state index in [4.69, 9.17) is 20.6 Å².